The van der Waals surface area contributed by atoms with Crippen LogP contribution in [0.15, 0.2) is 6.07 Å². The van der Waals surface area contributed by atoms with Crippen molar-refractivity contribution in [3.63, 3.8) is 0 Å². The molecule has 1 amide bonds. The number of rotatable bonds is 3. The number of thiazole rings is 1. The van der Waals surface area contributed by atoms with Crippen LogP contribution in [0, 0.1) is 13.8 Å². The zero-order valence-electron chi connectivity index (χ0n) is 10.8. The summed E-state index contributed by atoms with van der Waals surface area (Å²) in [5.41, 5.74) is 1.41. The smallest absolute Gasteiger partial charge is 0.272 e. The van der Waals surface area contributed by atoms with Gasteiger partial charge in [0.05, 0.1) is 18.8 Å². The van der Waals surface area contributed by atoms with E-state index >= 15 is 0 Å². The van der Waals surface area contributed by atoms with E-state index in [1.54, 1.807) is 22.1 Å². The predicted octanol–water partition coefficient (Wildman–Crippen LogP) is 1.28. The first-order chi connectivity index (χ1) is 9.13. The minimum Gasteiger partial charge on any atom is -0.476 e. The summed E-state index contributed by atoms with van der Waals surface area (Å²) >= 11 is 1.60. The standard InChI is InChI=1S/C12H14N4O2S/c1-7-8(2)19-10(14-7)6-13-12(17)9-5-11-16(15-9)3-4-18-11/h5H,3-4,6H2,1-2H3,(H,13,17). The summed E-state index contributed by atoms with van der Waals surface area (Å²) in [7, 11) is 0. The number of nitrogens with zero attached hydrogens (tertiary/aromatic N) is 3. The van der Waals surface area contributed by atoms with Crippen molar-refractivity contribution in [3.8, 4) is 5.88 Å². The summed E-state index contributed by atoms with van der Waals surface area (Å²) in [5, 5.41) is 7.92. The average molecular weight is 278 g/mol. The molecule has 0 spiro atoms. The Morgan fingerprint density at radius 1 is 1.58 bits per heavy atom. The van der Waals surface area contributed by atoms with E-state index in [9.17, 15) is 4.79 Å². The Hall–Kier alpha value is -1.89. The maximum atomic E-state index is 11.9. The molecule has 3 rings (SSSR count). The van der Waals surface area contributed by atoms with Crippen molar-refractivity contribution in [1.29, 1.82) is 0 Å². The van der Waals surface area contributed by atoms with Crippen molar-refractivity contribution >= 4 is 17.2 Å². The van der Waals surface area contributed by atoms with Gasteiger partial charge in [-0.05, 0) is 13.8 Å². The highest BCUT2D eigenvalue weighted by Gasteiger charge is 2.19. The fourth-order valence-electron chi connectivity index (χ4n) is 1.88. The van der Waals surface area contributed by atoms with Crippen molar-refractivity contribution in [2.75, 3.05) is 6.61 Å². The number of aryl methyl sites for hydroxylation is 2. The number of fused-ring (bicyclic) bond motifs is 1. The van der Waals surface area contributed by atoms with Crippen molar-refractivity contribution in [2.24, 2.45) is 0 Å². The number of ether oxygens (including phenoxy) is 1. The van der Waals surface area contributed by atoms with Gasteiger partial charge in [0.1, 0.15) is 11.6 Å². The first kappa shape index (κ1) is 12.2. The molecule has 1 aliphatic heterocycles. The summed E-state index contributed by atoms with van der Waals surface area (Å²) in [4.78, 5) is 17.5. The summed E-state index contributed by atoms with van der Waals surface area (Å²) < 4.78 is 7.02. The minimum absolute atomic E-state index is 0.198. The zero-order valence-corrected chi connectivity index (χ0v) is 11.6. The molecular weight excluding hydrogens is 264 g/mol. The van der Waals surface area contributed by atoms with Crippen LogP contribution in [-0.4, -0.2) is 27.3 Å². The number of hydrogen-bond acceptors (Lipinski definition) is 5. The molecule has 6 nitrogen and oxygen atoms in total. The van der Waals surface area contributed by atoms with Gasteiger partial charge >= 0.3 is 0 Å². The topological polar surface area (TPSA) is 69.0 Å². The molecular formula is C12H14N4O2S. The Balaban J connectivity index is 1.64. The van der Waals surface area contributed by atoms with Crippen LogP contribution in [0.2, 0.25) is 0 Å². The third-order valence-corrected chi connectivity index (χ3v) is 4.07. The summed E-state index contributed by atoms with van der Waals surface area (Å²) in [6.07, 6.45) is 0. The second kappa shape index (κ2) is 4.65. The molecule has 0 fully saturated rings. The molecule has 0 unspecified atom stereocenters. The zero-order chi connectivity index (χ0) is 13.4. The van der Waals surface area contributed by atoms with Crippen LogP contribution < -0.4 is 10.1 Å². The molecule has 0 bridgehead atoms. The van der Waals surface area contributed by atoms with E-state index in [-0.39, 0.29) is 5.91 Å². The Morgan fingerprint density at radius 3 is 3.11 bits per heavy atom. The van der Waals surface area contributed by atoms with Gasteiger partial charge in [0.15, 0.2) is 5.69 Å². The normalized spacial score (nSPS) is 13.2. The number of aromatic nitrogens is 3. The molecule has 3 heterocycles. The van der Waals surface area contributed by atoms with Gasteiger partial charge in [-0.3, -0.25) is 4.79 Å². The lowest BCUT2D eigenvalue weighted by Gasteiger charge is -1.99. The molecule has 19 heavy (non-hydrogen) atoms. The van der Waals surface area contributed by atoms with Gasteiger partial charge in [0.2, 0.25) is 5.88 Å². The van der Waals surface area contributed by atoms with Crippen LogP contribution >= 0.6 is 11.3 Å². The van der Waals surface area contributed by atoms with Crippen LogP contribution in [0.25, 0.3) is 0 Å². The Kier molecular flexibility index (Phi) is 2.98. The molecule has 0 saturated heterocycles. The van der Waals surface area contributed by atoms with Gasteiger partial charge in [-0.25, -0.2) is 9.67 Å². The number of amides is 1. The fraction of sp³-hybridized carbons (Fsp3) is 0.417. The SMILES string of the molecule is Cc1nc(CNC(=O)c2cc3n(n2)CCO3)sc1C. The van der Waals surface area contributed by atoms with Gasteiger partial charge < -0.3 is 10.1 Å². The molecule has 7 heteroatoms. The van der Waals surface area contributed by atoms with Crippen molar-refractivity contribution in [1.82, 2.24) is 20.1 Å². The van der Waals surface area contributed by atoms with E-state index in [0.717, 1.165) is 10.7 Å². The van der Waals surface area contributed by atoms with E-state index in [0.29, 0.717) is 31.3 Å². The lowest BCUT2D eigenvalue weighted by molar-refractivity contribution is 0.0944. The van der Waals surface area contributed by atoms with Crippen LogP contribution in [0.3, 0.4) is 0 Å². The highest BCUT2D eigenvalue weighted by atomic mass is 32.1. The minimum atomic E-state index is -0.198. The summed E-state index contributed by atoms with van der Waals surface area (Å²) in [5.74, 6) is 0.460. The molecule has 100 valence electrons. The van der Waals surface area contributed by atoms with Crippen molar-refractivity contribution in [2.45, 2.75) is 26.9 Å². The van der Waals surface area contributed by atoms with Crippen LogP contribution in [0.5, 0.6) is 5.88 Å². The van der Waals surface area contributed by atoms with Gasteiger partial charge in [0, 0.05) is 10.9 Å². The van der Waals surface area contributed by atoms with E-state index in [1.165, 1.54) is 4.88 Å². The lowest BCUT2D eigenvalue weighted by atomic mass is 10.4. The number of hydrogen-bond donors (Lipinski definition) is 1. The molecule has 0 radical (unpaired) electrons. The van der Waals surface area contributed by atoms with Crippen LogP contribution in [0.4, 0.5) is 0 Å². The van der Waals surface area contributed by atoms with E-state index in [1.807, 2.05) is 13.8 Å². The van der Waals surface area contributed by atoms with E-state index in [4.69, 9.17) is 4.74 Å². The van der Waals surface area contributed by atoms with Crippen LogP contribution in [0.1, 0.15) is 26.1 Å². The lowest BCUT2D eigenvalue weighted by Crippen LogP contribution is -2.23. The van der Waals surface area contributed by atoms with Crippen molar-refractivity contribution in [3.05, 3.63) is 27.3 Å². The van der Waals surface area contributed by atoms with Gasteiger partial charge in [-0.15, -0.1) is 11.3 Å². The average Bonchev–Trinajstić information content (AvgIpc) is 3.02. The first-order valence-corrected chi connectivity index (χ1v) is 6.87. The molecule has 2 aromatic heterocycles. The molecule has 0 aromatic carbocycles. The second-order valence-corrected chi connectivity index (χ2v) is 5.66. The number of nitrogens with one attached hydrogen (secondary N) is 1. The Labute approximate surface area is 114 Å². The van der Waals surface area contributed by atoms with Crippen LogP contribution in [-0.2, 0) is 13.1 Å². The molecule has 0 saturated carbocycles. The maximum Gasteiger partial charge on any atom is 0.272 e. The van der Waals surface area contributed by atoms with Gasteiger partial charge in [-0.1, -0.05) is 0 Å². The third kappa shape index (κ3) is 2.33. The Bertz CT molecular complexity index is 591. The van der Waals surface area contributed by atoms with Crippen molar-refractivity contribution < 1.29 is 9.53 Å². The van der Waals surface area contributed by atoms with E-state index < -0.39 is 0 Å². The highest BCUT2D eigenvalue weighted by Crippen LogP contribution is 2.19. The number of carbonyl (C=O) groups is 1. The highest BCUT2D eigenvalue weighted by molar-refractivity contribution is 7.11. The molecule has 0 aliphatic carbocycles. The summed E-state index contributed by atoms with van der Waals surface area (Å²) in [6.45, 7) is 5.75. The molecule has 2 aromatic rings. The Morgan fingerprint density at radius 2 is 2.42 bits per heavy atom. The largest absolute Gasteiger partial charge is 0.476 e. The molecule has 1 aliphatic rings. The van der Waals surface area contributed by atoms with Gasteiger partial charge in [0.25, 0.3) is 5.91 Å². The number of carbonyl (C=O) groups excluding carboxylic acids is 1. The fourth-order valence-corrected chi connectivity index (χ4v) is 2.76. The third-order valence-electron chi connectivity index (χ3n) is 3.00. The molecule has 1 N–H and O–H groups in total. The maximum absolute atomic E-state index is 11.9. The quantitative estimate of drug-likeness (QED) is 0.918. The van der Waals surface area contributed by atoms with Gasteiger partial charge in [-0.2, -0.15) is 5.10 Å². The second-order valence-electron chi connectivity index (χ2n) is 4.37. The molecule has 0 atom stereocenters. The predicted molar refractivity (Wildman–Crippen MR) is 70.5 cm³/mol. The monoisotopic (exact) mass is 278 g/mol. The first-order valence-electron chi connectivity index (χ1n) is 6.05. The summed E-state index contributed by atoms with van der Waals surface area (Å²) in [6, 6.07) is 1.67. The van der Waals surface area contributed by atoms with E-state index in [2.05, 4.69) is 15.4 Å².